The minimum absolute atomic E-state index is 0.575. The molecule has 1 nitrogen and oxygen atoms in total. The predicted molar refractivity (Wildman–Crippen MR) is 101 cm³/mol. The molecule has 0 radical (unpaired) electrons. The van der Waals surface area contributed by atoms with Crippen LogP contribution in [0.1, 0.15) is 97.3 Å². The Morgan fingerprint density at radius 2 is 1.43 bits per heavy atom. The van der Waals surface area contributed by atoms with Crippen LogP contribution in [0.4, 0.5) is 0 Å². The van der Waals surface area contributed by atoms with Crippen molar-refractivity contribution in [2.45, 2.75) is 103 Å². The molecule has 0 aromatic heterocycles. The first-order valence-corrected chi connectivity index (χ1v) is 10.6. The summed E-state index contributed by atoms with van der Waals surface area (Å²) in [6.07, 6.45) is 23.8. The van der Waals surface area contributed by atoms with Crippen LogP contribution in [0, 0.1) is 17.8 Å². The highest BCUT2D eigenvalue weighted by atomic mass is 16.5. The van der Waals surface area contributed by atoms with Crippen molar-refractivity contribution < 1.29 is 4.74 Å². The zero-order valence-electron chi connectivity index (χ0n) is 15.8. The van der Waals surface area contributed by atoms with Gasteiger partial charge in [0.2, 0.25) is 0 Å². The van der Waals surface area contributed by atoms with Gasteiger partial charge in [0.15, 0.2) is 0 Å². The van der Waals surface area contributed by atoms with Gasteiger partial charge in [-0.3, -0.25) is 0 Å². The molecule has 0 atom stereocenters. The Morgan fingerprint density at radius 1 is 0.826 bits per heavy atom. The van der Waals surface area contributed by atoms with Crippen LogP contribution in [0.5, 0.6) is 0 Å². The first-order chi connectivity index (χ1) is 11.3. The average Bonchev–Trinajstić information content (AvgIpc) is 2.59. The molecule has 0 aromatic rings. The van der Waals surface area contributed by atoms with Gasteiger partial charge in [-0.05, 0) is 82.5 Å². The smallest absolute Gasteiger partial charge is 0.0575 e. The predicted octanol–water partition coefficient (Wildman–Crippen LogP) is 6.91. The third-order valence-corrected chi connectivity index (χ3v) is 6.20. The van der Waals surface area contributed by atoms with Crippen molar-refractivity contribution in [2.24, 2.45) is 17.8 Å². The minimum Gasteiger partial charge on any atom is -0.379 e. The summed E-state index contributed by atoms with van der Waals surface area (Å²) in [4.78, 5) is 0. The van der Waals surface area contributed by atoms with Crippen molar-refractivity contribution in [3.05, 3.63) is 12.2 Å². The van der Waals surface area contributed by atoms with E-state index in [0.717, 1.165) is 24.4 Å². The van der Waals surface area contributed by atoms with Gasteiger partial charge in [0.25, 0.3) is 0 Å². The van der Waals surface area contributed by atoms with Gasteiger partial charge in [0, 0.05) is 6.61 Å². The number of hydrogen-bond acceptors (Lipinski definition) is 1. The van der Waals surface area contributed by atoms with Crippen molar-refractivity contribution in [3.63, 3.8) is 0 Å². The summed E-state index contributed by atoms with van der Waals surface area (Å²) in [6, 6.07) is 0. The van der Waals surface area contributed by atoms with Crippen LogP contribution in [0.15, 0.2) is 12.2 Å². The number of ether oxygens (including phenoxy) is 1. The van der Waals surface area contributed by atoms with Crippen LogP contribution >= 0.6 is 0 Å². The number of unbranched alkanes of at least 4 members (excludes halogenated alkanes) is 2. The molecule has 0 heterocycles. The van der Waals surface area contributed by atoms with E-state index in [4.69, 9.17) is 4.74 Å². The first kappa shape index (κ1) is 19.0. The van der Waals surface area contributed by atoms with Crippen molar-refractivity contribution in [2.75, 3.05) is 6.61 Å². The molecule has 2 saturated carbocycles. The molecule has 0 bridgehead atoms. The molecule has 2 aliphatic rings. The van der Waals surface area contributed by atoms with Crippen LogP contribution in [0.25, 0.3) is 0 Å². The summed E-state index contributed by atoms with van der Waals surface area (Å²) in [5.41, 5.74) is 0. The maximum absolute atomic E-state index is 5.78. The molecule has 0 saturated heterocycles. The van der Waals surface area contributed by atoms with Gasteiger partial charge in [0.1, 0.15) is 0 Å². The van der Waals surface area contributed by atoms with Crippen molar-refractivity contribution in [3.8, 4) is 0 Å². The SMILES string of the molecule is CCCC/C=C/C1CCC(CCC2CCC(OCC)CC2)CC1. The third-order valence-electron chi connectivity index (χ3n) is 6.20. The fourth-order valence-electron chi connectivity index (χ4n) is 4.57. The molecule has 2 rings (SSSR count). The van der Waals surface area contributed by atoms with E-state index in [1.165, 1.54) is 83.5 Å². The van der Waals surface area contributed by atoms with E-state index >= 15 is 0 Å². The summed E-state index contributed by atoms with van der Waals surface area (Å²) in [6.45, 7) is 5.30. The second-order valence-electron chi connectivity index (χ2n) is 8.03. The lowest BCUT2D eigenvalue weighted by Gasteiger charge is -2.31. The molecular weight excluding hydrogens is 280 g/mol. The molecule has 0 aromatic carbocycles. The molecule has 0 N–H and O–H groups in total. The highest BCUT2D eigenvalue weighted by Crippen LogP contribution is 2.36. The van der Waals surface area contributed by atoms with Gasteiger partial charge in [-0.15, -0.1) is 0 Å². The Morgan fingerprint density at radius 3 is 2.00 bits per heavy atom. The van der Waals surface area contributed by atoms with E-state index in [2.05, 4.69) is 26.0 Å². The molecule has 0 spiro atoms. The quantitative estimate of drug-likeness (QED) is 0.331. The fourth-order valence-corrected chi connectivity index (χ4v) is 4.57. The van der Waals surface area contributed by atoms with Crippen molar-refractivity contribution in [1.82, 2.24) is 0 Å². The molecule has 2 fully saturated rings. The molecule has 0 amide bonds. The summed E-state index contributed by atoms with van der Waals surface area (Å²) in [7, 11) is 0. The zero-order chi connectivity index (χ0) is 16.3. The van der Waals surface area contributed by atoms with Crippen molar-refractivity contribution in [1.29, 1.82) is 0 Å². The Bertz CT molecular complexity index is 306. The maximum Gasteiger partial charge on any atom is 0.0575 e. The van der Waals surface area contributed by atoms with Gasteiger partial charge in [-0.1, -0.05) is 44.8 Å². The van der Waals surface area contributed by atoms with Gasteiger partial charge in [0.05, 0.1) is 6.10 Å². The average molecular weight is 321 g/mol. The highest BCUT2D eigenvalue weighted by molar-refractivity contribution is 4.91. The Balaban J connectivity index is 1.54. The topological polar surface area (TPSA) is 9.23 Å². The van der Waals surface area contributed by atoms with Crippen LogP contribution in [0.2, 0.25) is 0 Å². The largest absolute Gasteiger partial charge is 0.379 e. The van der Waals surface area contributed by atoms with Gasteiger partial charge in [-0.2, -0.15) is 0 Å². The molecule has 134 valence electrons. The second-order valence-corrected chi connectivity index (χ2v) is 8.03. The van der Waals surface area contributed by atoms with Crippen LogP contribution in [-0.2, 0) is 4.74 Å². The van der Waals surface area contributed by atoms with Crippen molar-refractivity contribution >= 4 is 0 Å². The maximum atomic E-state index is 5.78. The van der Waals surface area contributed by atoms with E-state index in [1.54, 1.807) is 0 Å². The van der Waals surface area contributed by atoms with E-state index in [0.29, 0.717) is 6.10 Å². The lowest BCUT2D eigenvalue weighted by Crippen LogP contribution is -2.22. The molecule has 2 aliphatic carbocycles. The summed E-state index contributed by atoms with van der Waals surface area (Å²) in [5, 5.41) is 0. The van der Waals surface area contributed by atoms with Crippen LogP contribution < -0.4 is 0 Å². The zero-order valence-corrected chi connectivity index (χ0v) is 15.8. The second kappa shape index (κ2) is 11.3. The summed E-state index contributed by atoms with van der Waals surface area (Å²) < 4.78 is 5.78. The van der Waals surface area contributed by atoms with Gasteiger partial charge < -0.3 is 4.74 Å². The van der Waals surface area contributed by atoms with Gasteiger partial charge in [-0.25, -0.2) is 0 Å². The third kappa shape index (κ3) is 7.42. The van der Waals surface area contributed by atoms with Crippen LogP contribution in [0.3, 0.4) is 0 Å². The molecular formula is C22H40O. The molecule has 0 aliphatic heterocycles. The van der Waals surface area contributed by atoms with E-state index in [1.807, 2.05) is 0 Å². The first-order valence-electron chi connectivity index (χ1n) is 10.6. The Kier molecular flexibility index (Phi) is 9.34. The van der Waals surface area contributed by atoms with Gasteiger partial charge >= 0.3 is 0 Å². The lowest BCUT2D eigenvalue weighted by molar-refractivity contribution is 0.0239. The molecule has 1 heteroatoms. The number of allylic oxidation sites excluding steroid dienone is 2. The minimum atomic E-state index is 0.575. The summed E-state index contributed by atoms with van der Waals surface area (Å²) in [5.74, 6) is 2.92. The monoisotopic (exact) mass is 320 g/mol. The number of rotatable bonds is 9. The van der Waals surface area contributed by atoms with E-state index < -0.39 is 0 Å². The van der Waals surface area contributed by atoms with E-state index in [9.17, 15) is 0 Å². The standard InChI is InChI=1S/C22H40O/c1-3-5-6-7-8-19-9-11-20(12-10-19)13-14-21-15-17-22(18-16-21)23-4-2/h7-8,19-22H,3-6,9-18H2,1-2H3/b8-7+. The molecule has 0 unspecified atom stereocenters. The fraction of sp³-hybridized carbons (Fsp3) is 0.909. The molecule has 23 heavy (non-hydrogen) atoms. The van der Waals surface area contributed by atoms with Crippen LogP contribution in [-0.4, -0.2) is 12.7 Å². The Labute approximate surface area is 145 Å². The van der Waals surface area contributed by atoms with E-state index in [-0.39, 0.29) is 0 Å². The normalized spacial score (nSPS) is 32.4. The number of hydrogen-bond donors (Lipinski definition) is 0. The lowest BCUT2D eigenvalue weighted by atomic mass is 9.77. The summed E-state index contributed by atoms with van der Waals surface area (Å²) >= 11 is 0. The Hall–Kier alpha value is -0.300. The highest BCUT2D eigenvalue weighted by Gasteiger charge is 2.24.